The third-order valence-corrected chi connectivity index (χ3v) is 5.82. The lowest BCUT2D eigenvalue weighted by molar-refractivity contribution is 0.522. The second-order valence-corrected chi connectivity index (χ2v) is 7.67. The van der Waals surface area contributed by atoms with Crippen LogP contribution in [0.25, 0.3) is 0 Å². The number of allylic oxidation sites excluding steroid dienone is 1. The summed E-state index contributed by atoms with van der Waals surface area (Å²) in [5.74, 6) is -1.80. The molecule has 24 heavy (non-hydrogen) atoms. The number of halogens is 2. The van der Waals surface area contributed by atoms with Crippen LogP contribution in [0.1, 0.15) is 39.2 Å². The average molecular weight is 355 g/mol. The Morgan fingerprint density at radius 2 is 2.00 bits per heavy atom. The quantitative estimate of drug-likeness (QED) is 0.392. The van der Waals surface area contributed by atoms with Crippen LogP contribution in [-0.4, -0.2) is 22.4 Å². The molecule has 0 aromatic heterocycles. The van der Waals surface area contributed by atoms with Gasteiger partial charge in [-0.15, -0.1) is 11.8 Å². The van der Waals surface area contributed by atoms with E-state index >= 15 is 0 Å². The van der Waals surface area contributed by atoms with Crippen LogP contribution in [0.15, 0.2) is 30.4 Å². The van der Waals surface area contributed by atoms with E-state index in [2.05, 4.69) is 0 Å². The molecule has 1 unspecified atom stereocenters. The molecule has 5 N–H and O–H groups in total. The first-order valence-corrected chi connectivity index (χ1v) is 8.84. The van der Waals surface area contributed by atoms with Gasteiger partial charge in [0.15, 0.2) is 0 Å². The fourth-order valence-electron chi connectivity index (χ4n) is 2.50. The first-order chi connectivity index (χ1) is 11.1. The molecule has 1 aromatic carbocycles. The molecule has 134 valence electrons. The second-order valence-electron chi connectivity index (χ2n) is 6.29. The van der Waals surface area contributed by atoms with Crippen molar-refractivity contribution >= 4 is 16.8 Å². The Labute approximate surface area is 147 Å². The van der Waals surface area contributed by atoms with Gasteiger partial charge in [0.2, 0.25) is 0 Å². The maximum absolute atomic E-state index is 14.1. The van der Waals surface area contributed by atoms with E-state index in [9.17, 15) is 8.78 Å². The molecule has 0 bridgehead atoms. The first-order valence-electron chi connectivity index (χ1n) is 7.96. The van der Waals surface area contributed by atoms with E-state index in [1.54, 1.807) is 0 Å². The molecule has 0 fully saturated rings. The SMILES string of the molecule is C/C=C\[C@](C)(N)C(C)SC(=N)[C@H](C)[C@H](CN)c1cc(F)ccc1F. The van der Waals surface area contributed by atoms with Crippen molar-refractivity contribution in [3.63, 3.8) is 0 Å². The molecule has 3 nitrogen and oxygen atoms in total. The lowest BCUT2D eigenvalue weighted by Crippen LogP contribution is -2.43. The van der Waals surface area contributed by atoms with E-state index in [1.807, 2.05) is 39.8 Å². The minimum absolute atomic E-state index is 0.0422. The minimum atomic E-state index is -0.562. The number of nitrogens with two attached hydrogens (primary N) is 2. The van der Waals surface area contributed by atoms with Crippen molar-refractivity contribution in [2.45, 2.75) is 44.4 Å². The Morgan fingerprint density at radius 1 is 1.38 bits per heavy atom. The summed E-state index contributed by atoms with van der Waals surface area (Å²) in [6.45, 7) is 7.69. The largest absolute Gasteiger partial charge is 0.330 e. The lowest BCUT2D eigenvalue weighted by atomic mass is 9.87. The summed E-state index contributed by atoms with van der Waals surface area (Å²) >= 11 is 1.34. The monoisotopic (exact) mass is 355 g/mol. The summed E-state index contributed by atoms with van der Waals surface area (Å²) in [5.41, 5.74) is 11.7. The molecule has 0 spiro atoms. The minimum Gasteiger partial charge on any atom is -0.330 e. The van der Waals surface area contributed by atoms with Crippen LogP contribution in [0, 0.1) is 23.0 Å². The van der Waals surface area contributed by atoms with Crippen LogP contribution in [-0.2, 0) is 0 Å². The van der Waals surface area contributed by atoms with Crippen molar-refractivity contribution in [1.82, 2.24) is 0 Å². The van der Waals surface area contributed by atoms with E-state index in [4.69, 9.17) is 16.9 Å². The standard InChI is InChI=1S/C18H27F2N3S/c1-5-8-18(4,23)12(3)24-17(22)11(2)15(10-21)14-9-13(19)6-7-16(14)20/h5-9,11-12,15,22H,10,21,23H2,1-4H3/b8-5-,22-17?/t11-,12?,15+,18+/m1/s1. The number of benzene rings is 1. The van der Waals surface area contributed by atoms with Gasteiger partial charge in [-0.3, -0.25) is 5.41 Å². The molecule has 0 aliphatic carbocycles. The van der Waals surface area contributed by atoms with E-state index < -0.39 is 23.1 Å². The Bertz CT molecular complexity index is 602. The van der Waals surface area contributed by atoms with Crippen molar-refractivity contribution in [3.05, 3.63) is 47.5 Å². The highest BCUT2D eigenvalue weighted by Gasteiger charge is 2.30. The summed E-state index contributed by atoms with van der Waals surface area (Å²) in [7, 11) is 0. The number of hydrogen-bond acceptors (Lipinski definition) is 4. The van der Waals surface area contributed by atoms with Crippen LogP contribution in [0.4, 0.5) is 8.78 Å². The molecule has 0 saturated heterocycles. The maximum atomic E-state index is 14.1. The topological polar surface area (TPSA) is 75.9 Å². The summed E-state index contributed by atoms with van der Waals surface area (Å²) in [6.07, 6.45) is 3.78. The Hall–Kier alpha value is -1.24. The summed E-state index contributed by atoms with van der Waals surface area (Å²) in [4.78, 5) is 0. The van der Waals surface area contributed by atoms with Gasteiger partial charge in [-0.1, -0.05) is 26.0 Å². The third-order valence-electron chi connectivity index (χ3n) is 4.33. The zero-order valence-electron chi connectivity index (χ0n) is 14.6. The highest BCUT2D eigenvalue weighted by atomic mass is 32.2. The predicted molar refractivity (Wildman–Crippen MR) is 99.5 cm³/mol. The molecule has 0 aliphatic rings. The Balaban J connectivity index is 2.95. The van der Waals surface area contributed by atoms with Gasteiger partial charge in [-0.25, -0.2) is 8.78 Å². The molecule has 6 heteroatoms. The normalized spacial score (nSPS) is 18.2. The smallest absolute Gasteiger partial charge is 0.126 e. The van der Waals surface area contributed by atoms with Crippen molar-refractivity contribution in [1.29, 1.82) is 5.41 Å². The van der Waals surface area contributed by atoms with Crippen molar-refractivity contribution in [3.8, 4) is 0 Å². The molecular formula is C18H27F2N3S. The van der Waals surface area contributed by atoms with E-state index in [0.717, 1.165) is 18.2 Å². The highest BCUT2D eigenvalue weighted by molar-refractivity contribution is 8.14. The molecule has 0 amide bonds. The van der Waals surface area contributed by atoms with Crippen LogP contribution in [0.2, 0.25) is 0 Å². The van der Waals surface area contributed by atoms with Gasteiger partial charge < -0.3 is 11.5 Å². The van der Waals surface area contributed by atoms with Crippen molar-refractivity contribution in [2.75, 3.05) is 6.54 Å². The molecule has 0 heterocycles. The van der Waals surface area contributed by atoms with Gasteiger partial charge in [0.05, 0.1) is 5.04 Å². The molecule has 1 rings (SSSR count). The zero-order valence-corrected chi connectivity index (χ0v) is 15.5. The van der Waals surface area contributed by atoms with E-state index in [-0.39, 0.29) is 23.3 Å². The molecular weight excluding hydrogens is 328 g/mol. The second kappa shape index (κ2) is 8.74. The number of thioether (sulfide) groups is 1. The average Bonchev–Trinajstić information content (AvgIpc) is 2.51. The summed E-state index contributed by atoms with van der Waals surface area (Å²) < 4.78 is 27.5. The molecule has 0 saturated carbocycles. The molecule has 0 aliphatic heterocycles. The lowest BCUT2D eigenvalue weighted by Gasteiger charge is -2.31. The van der Waals surface area contributed by atoms with Crippen LogP contribution >= 0.6 is 11.8 Å². The van der Waals surface area contributed by atoms with Gasteiger partial charge in [-0.2, -0.15) is 0 Å². The summed E-state index contributed by atoms with van der Waals surface area (Å²) in [6, 6.07) is 3.34. The van der Waals surface area contributed by atoms with Crippen LogP contribution in [0.5, 0.6) is 0 Å². The van der Waals surface area contributed by atoms with Crippen LogP contribution in [0.3, 0.4) is 0 Å². The van der Waals surface area contributed by atoms with E-state index in [1.165, 1.54) is 11.8 Å². The van der Waals surface area contributed by atoms with Gasteiger partial charge in [-0.05, 0) is 44.2 Å². The fourth-order valence-corrected chi connectivity index (χ4v) is 3.59. The zero-order chi connectivity index (χ0) is 18.5. The Kier molecular flexibility index (Phi) is 7.57. The van der Waals surface area contributed by atoms with Crippen molar-refractivity contribution < 1.29 is 8.78 Å². The third kappa shape index (κ3) is 5.13. The van der Waals surface area contributed by atoms with Gasteiger partial charge in [0.1, 0.15) is 11.6 Å². The summed E-state index contributed by atoms with van der Waals surface area (Å²) in [5, 5.41) is 8.68. The van der Waals surface area contributed by atoms with E-state index in [0.29, 0.717) is 5.04 Å². The number of hydrogen-bond donors (Lipinski definition) is 3. The highest BCUT2D eigenvalue weighted by Crippen LogP contribution is 2.33. The van der Waals surface area contributed by atoms with Crippen molar-refractivity contribution in [2.24, 2.45) is 17.4 Å². The Morgan fingerprint density at radius 3 is 2.54 bits per heavy atom. The predicted octanol–water partition coefficient (Wildman–Crippen LogP) is 4.04. The number of rotatable bonds is 7. The van der Waals surface area contributed by atoms with Gasteiger partial charge in [0.25, 0.3) is 0 Å². The van der Waals surface area contributed by atoms with Gasteiger partial charge in [0, 0.05) is 22.6 Å². The molecule has 0 radical (unpaired) electrons. The first kappa shape index (κ1) is 20.8. The maximum Gasteiger partial charge on any atom is 0.126 e. The number of nitrogens with one attached hydrogen (secondary N) is 1. The molecule has 1 aromatic rings. The molecule has 4 atom stereocenters. The fraction of sp³-hybridized carbons (Fsp3) is 0.500. The van der Waals surface area contributed by atoms with Crippen LogP contribution < -0.4 is 11.5 Å². The van der Waals surface area contributed by atoms with Gasteiger partial charge >= 0.3 is 0 Å².